The predicted molar refractivity (Wildman–Crippen MR) is 63.7 cm³/mol. The Kier molecular flexibility index (Phi) is 2.67. The first-order valence-electron chi connectivity index (χ1n) is 6.89. The summed E-state index contributed by atoms with van der Waals surface area (Å²) in [5.41, 5.74) is 0. The van der Waals surface area contributed by atoms with Crippen molar-refractivity contribution in [2.45, 2.75) is 57.5 Å². The van der Waals surface area contributed by atoms with Crippen LogP contribution in [0.5, 0.6) is 0 Å². The van der Waals surface area contributed by atoms with Gasteiger partial charge in [-0.15, -0.1) is 0 Å². The molecule has 1 unspecified atom stereocenters. The summed E-state index contributed by atoms with van der Waals surface area (Å²) in [6.45, 7) is 2.16. The molecule has 4 rings (SSSR count). The summed E-state index contributed by atoms with van der Waals surface area (Å²) in [6, 6.07) is 3.39. The van der Waals surface area contributed by atoms with E-state index in [1.807, 2.05) is 0 Å². The summed E-state index contributed by atoms with van der Waals surface area (Å²) < 4.78 is 0. The van der Waals surface area contributed by atoms with Crippen LogP contribution in [0.4, 0.5) is 0 Å². The fourth-order valence-corrected chi connectivity index (χ4v) is 4.72. The van der Waals surface area contributed by atoms with Gasteiger partial charge in [-0.1, -0.05) is 0 Å². The van der Waals surface area contributed by atoms with E-state index in [1.54, 1.807) is 0 Å². The number of hydrogen-bond donors (Lipinski definition) is 1. The molecule has 4 bridgehead atoms. The first-order chi connectivity index (χ1) is 7.76. The molecule has 88 valence electrons. The second kappa shape index (κ2) is 4.04. The third-order valence-electron chi connectivity index (χ3n) is 5.10. The highest BCUT2D eigenvalue weighted by Gasteiger charge is 2.48. The molecule has 2 nitrogen and oxygen atoms in total. The minimum atomic E-state index is 0.382. The molecule has 0 heterocycles. The lowest BCUT2D eigenvalue weighted by molar-refractivity contribution is -0.0168. The van der Waals surface area contributed by atoms with Gasteiger partial charge in [0.15, 0.2) is 0 Å². The average molecular weight is 218 g/mol. The third-order valence-corrected chi connectivity index (χ3v) is 5.10. The van der Waals surface area contributed by atoms with Crippen LogP contribution in [-0.4, -0.2) is 12.1 Å². The van der Waals surface area contributed by atoms with E-state index in [4.69, 9.17) is 5.26 Å². The van der Waals surface area contributed by atoms with Crippen LogP contribution in [0.3, 0.4) is 0 Å². The third kappa shape index (κ3) is 1.76. The highest BCUT2D eigenvalue weighted by molar-refractivity contribution is 5.02. The summed E-state index contributed by atoms with van der Waals surface area (Å²) in [6.07, 6.45) is 8.03. The molecule has 0 aliphatic heterocycles. The van der Waals surface area contributed by atoms with Crippen molar-refractivity contribution in [2.24, 2.45) is 23.7 Å². The molecule has 0 radical (unpaired) electrons. The highest BCUT2D eigenvalue weighted by Crippen LogP contribution is 2.53. The van der Waals surface area contributed by atoms with E-state index in [0.29, 0.717) is 12.5 Å². The van der Waals surface area contributed by atoms with Crippen molar-refractivity contribution >= 4 is 0 Å². The Morgan fingerprint density at radius 3 is 2.19 bits per heavy atom. The number of nitrogens with one attached hydrogen (secondary N) is 1. The normalized spacial score (nSPS) is 46.6. The average Bonchev–Trinajstić information content (AvgIpc) is 2.23. The van der Waals surface area contributed by atoms with Crippen molar-refractivity contribution in [3.8, 4) is 6.07 Å². The first kappa shape index (κ1) is 10.6. The van der Waals surface area contributed by atoms with Gasteiger partial charge in [-0.05, 0) is 62.7 Å². The van der Waals surface area contributed by atoms with Gasteiger partial charge in [-0.25, -0.2) is 0 Å². The lowest BCUT2D eigenvalue weighted by Crippen LogP contribution is -2.56. The molecule has 0 aromatic carbocycles. The number of nitriles is 1. The van der Waals surface area contributed by atoms with Crippen molar-refractivity contribution < 1.29 is 0 Å². The number of nitrogens with zero attached hydrogens (tertiary/aromatic N) is 1. The van der Waals surface area contributed by atoms with Gasteiger partial charge < -0.3 is 5.32 Å². The molecule has 1 N–H and O–H groups in total. The molecule has 4 aliphatic rings. The Hall–Kier alpha value is -0.550. The van der Waals surface area contributed by atoms with Crippen LogP contribution in [0.15, 0.2) is 0 Å². The Labute approximate surface area is 98.4 Å². The Morgan fingerprint density at radius 2 is 1.69 bits per heavy atom. The van der Waals surface area contributed by atoms with Gasteiger partial charge in [0.2, 0.25) is 0 Å². The Balaban J connectivity index is 1.66. The summed E-state index contributed by atoms with van der Waals surface area (Å²) in [7, 11) is 0. The fourth-order valence-electron chi connectivity index (χ4n) is 4.72. The van der Waals surface area contributed by atoms with Crippen molar-refractivity contribution in [1.29, 1.82) is 5.26 Å². The van der Waals surface area contributed by atoms with Gasteiger partial charge in [-0.3, -0.25) is 0 Å². The zero-order valence-corrected chi connectivity index (χ0v) is 10.2. The van der Waals surface area contributed by atoms with Crippen LogP contribution < -0.4 is 5.32 Å². The van der Waals surface area contributed by atoms with Gasteiger partial charge in [-0.2, -0.15) is 5.26 Å². The summed E-state index contributed by atoms with van der Waals surface area (Å²) in [5, 5.41) is 12.5. The van der Waals surface area contributed by atoms with Crippen molar-refractivity contribution in [3.63, 3.8) is 0 Å². The molecule has 0 saturated heterocycles. The smallest absolute Gasteiger partial charge is 0.0638 e. The summed E-state index contributed by atoms with van der Waals surface area (Å²) in [5.74, 6) is 3.95. The molecular weight excluding hydrogens is 196 g/mol. The van der Waals surface area contributed by atoms with Crippen LogP contribution in [0.1, 0.15) is 45.4 Å². The van der Waals surface area contributed by atoms with Crippen molar-refractivity contribution in [2.75, 3.05) is 0 Å². The number of rotatable bonds is 3. The van der Waals surface area contributed by atoms with Gasteiger partial charge >= 0.3 is 0 Å². The van der Waals surface area contributed by atoms with Gasteiger partial charge in [0.25, 0.3) is 0 Å². The van der Waals surface area contributed by atoms with Crippen LogP contribution in [0.25, 0.3) is 0 Å². The van der Waals surface area contributed by atoms with Crippen LogP contribution >= 0.6 is 0 Å². The Morgan fingerprint density at radius 1 is 1.12 bits per heavy atom. The fraction of sp³-hybridized carbons (Fsp3) is 0.929. The van der Waals surface area contributed by atoms with E-state index in [2.05, 4.69) is 18.3 Å². The largest absolute Gasteiger partial charge is 0.310 e. The molecular formula is C14H22N2. The van der Waals surface area contributed by atoms with Gasteiger partial charge in [0, 0.05) is 12.1 Å². The van der Waals surface area contributed by atoms with Gasteiger partial charge in [0.05, 0.1) is 12.5 Å². The highest BCUT2D eigenvalue weighted by atomic mass is 15.0. The van der Waals surface area contributed by atoms with Crippen molar-refractivity contribution in [3.05, 3.63) is 0 Å². The first-order valence-corrected chi connectivity index (χ1v) is 6.89. The quantitative estimate of drug-likeness (QED) is 0.790. The zero-order valence-electron chi connectivity index (χ0n) is 10.2. The molecule has 4 fully saturated rings. The molecule has 4 aliphatic carbocycles. The molecule has 0 aromatic rings. The molecule has 0 amide bonds. The van der Waals surface area contributed by atoms with E-state index < -0.39 is 0 Å². The topological polar surface area (TPSA) is 35.8 Å². The Bertz CT molecular complexity index is 276. The molecule has 0 spiro atoms. The van der Waals surface area contributed by atoms with E-state index in [0.717, 1.165) is 29.7 Å². The maximum atomic E-state index is 8.73. The monoisotopic (exact) mass is 218 g/mol. The maximum Gasteiger partial charge on any atom is 0.0638 e. The summed E-state index contributed by atoms with van der Waals surface area (Å²) >= 11 is 0. The molecule has 1 atom stereocenters. The lowest BCUT2D eigenvalue weighted by Gasteiger charge is -2.55. The molecule has 0 aromatic heterocycles. The maximum absolute atomic E-state index is 8.73. The van der Waals surface area contributed by atoms with Crippen LogP contribution in [0, 0.1) is 35.0 Å². The minimum absolute atomic E-state index is 0.382. The van der Waals surface area contributed by atoms with E-state index >= 15 is 0 Å². The predicted octanol–water partition coefficient (Wildman–Crippen LogP) is 2.70. The molecule has 16 heavy (non-hydrogen) atoms. The lowest BCUT2D eigenvalue weighted by atomic mass is 9.54. The second-order valence-corrected chi connectivity index (χ2v) is 6.39. The van der Waals surface area contributed by atoms with Crippen LogP contribution in [0.2, 0.25) is 0 Å². The SMILES string of the molecule is CC(CC#N)NC1C2CC3CC(C2)CC1C3. The second-order valence-electron chi connectivity index (χ2n) is 6.39. The minimum Gasteiger partial charge on any atom is -0.310 e. The standard InChI is InChI=1S/C14H22N2/c1-9(2-3-15)16-14-12-5-10-4-11(7-12)8-13(14)6-10/h9-14,16H,2,4-8H2,1H3. The van der Waals surface area contributed by atoms with E-state index in [1.165, 1.54) is 32.1 Å². The van der Waals surface area contributed by atoms with E-state index in [-0.39, 0.29) is 0 Å². The van der Waals surface area contributed by atoms with Gasteiger partial charge in [0.1, 0.15) is 0 Å². The molecule has 2 heteroatoms. The number of hydrogen-bond acceptors (Lipinski definition) is 2. The van der Waals surface area contributed by atoms with E-state index in [9.17, 15) is 0 Å². The zero-order chi connectivity index (χ0) is 11.1. The molecule has 4 saturated carbocycles. The summed E-state index contributed by atoms with van der Waals surface area (Å²) in [4.78, 5) is 0. The van der Waals surface area contributed by atoms with Crippen LogP contribution in [-0.2, 0) is 0 Å². The van der Waals surface area contributed by atoms with Crippen molar-refractivity contribution in [1.82, 2.24) is 5.32 Å².